The minimum atomic E-state index is -0.598. The number of nitrogens with one attached hydrogen (secondary N) is 1. The van der Waals surface area contributed by atoms with E-state index in [1.54, 1.807) is 56.6 Å². The number of hydrogen-bond donors (Lipinski definition) is 1. The number of ether oxygens (including phenoxy) is 1. The second kappa shape index (κ2) is 8.86. The third-order valence-electron chi connectivity index (χ3n) is 3.99. The number of nitrogens with zero attached hydrogens (tertiary/aromatic N) is 2. The molecular weight excluding hydrogens is 421 g/mol. The van der Waals surface area contributed by atoms with Gasteiger partial charge in [-0.25, -0.2) is 4.99 Å². The van der Waals surface area contributed by atoms with Crippen LogP contribution in [0.1, 0.15) is 6.42 Å². The third-order valence-corrected chi connectivity index (χ3v) is 5.67. The number of aliphatic imine (C=N–C) groups is 1. The Labute approximate surface area is 176 Å². The first kappa shape index (κ1) is 20.5. The van der Waals surface area contributed by atoms with Crippen molar-refractivity contribution in [3.8, 4) is 5.75 Å². The molecule has 0 aliphatic carbocycles. The Balaban J connectivity index is 1.77. The Morgan fingerprint density at radius 2 is 1.86 bits per heavy atom. The van der Waals surface area contributed by atoms with Crippen molar-refractivity contribution in [3.05, 3.63) is 52.5 Å². The van der Waals surface area contributed by atoms with Gasteiger partial charge in [-0.1, -0.05) is 35.0 Å². The molecule has 2 aromatic carbocycles. The highest BCUT2D eigenvalue weighted by atomic mass is 35.5. The Bertz CT molecular complexity index is 914. The van der Waals surface area contributed by atoms with Gasteiger partial charge in [-0.15, -0.1) is 0 Å². The summed E-state index contributed by atoms with van der Waals surface area (Å²) < 4.78 is 5.10. The van der Waals surface area contributed by atoms with Gasteiger partial charge in [0, 0.05) is 29.2 Å². The Morgan fingerprint density at radius 3 is 2.46 bits per heavy atom. The number of halogens is 2. The monoisotopic (exact) mass is 437 g/mol. The largest absolute Gasteiger partial charge is 0.497 e. The van der Waals surface area contributed by atoms with E-state index in [4.69, 9.17) is 27.9 Å². The van der Waals surface area contributed by atoms with Crippen LogP contribution in [0.3, 0.4) is 0 Å². The molecule has 9 heteroatoms. The van der Waals surface area contributed by atoms with Crippen molar-refractivity contribution >= 4 is 63.3 Å². The standard InChI is InChI=1S/C19H17Cl2N3O3S/c1-24-17(25)10-16(18(26)22-13-3-5-15(27-2)6-4-13)28-19(24)23-14-8-11(20)7-12(21)9-14/h3-9,16H,10H2,1-2H3,(H,22,26)/t16-/m0/s1. The number of methoxy groups -OCH3 is 1. The van der Waals surface area contributed by atoms with Crippen molar-refractivity contribution in [2.24, 2.45) is 4.99 Å². The lowest BCUT2D eigenvalue weighted by atomic mass is 10.2. The van der Waals surface area contributed by atoms with Crippen LogP contribution < -0.4 is 10.1 Å². The van der Waals surface area contributed by atoms with Crippen LogP contribution in [0.2, 0.25) is 10.0 Å². The van der Waals surface area contributed by atoms with E-state index in [0.717, 1.165) is 0 Å². The summed E-state index contributed by atoms with van der Waals surface area (Å²) in [4.78, 5) is 30.9. The third kappa shape index (κ3) is 4.98. The predicted molar refractivity (Wildman–Crippen MR) is 114 cm³/mol. The zero-order chi connectivity index (χ0) is 20.3. The molecule has 1 aliphatic heterocycles. The van der Waals surface area contributed by atoms with Gasteiger partial charge in [-0.2, -0.15) is 0 Å². The highest BCUT2D eigenvalue weighted by Crippen LogP contribution is 2.31. The van der Waals surface area contributed by atoms with Crippen LogP contribution in [0, 0.1) is 0 Å². The molecule has 3 rings (SSSR count). The van der Waals surface area contributed by atoms with Crippen molar-refractivity contribution in [2.75, 3.05) is 19.5 Å². The van der Waals surface area contributed by atoms with E-state index in [1.165, 1.54) is 16.7 Å². The van der Waals surface area contributed by atoms with Crippen molar-refractivity contribution < 1.29 is 14.3 Å². The Kier molecular flexibility index (Phi) is 6.49. The number of amides is 2. The second-order valence-corrected chi connectivity index (χ2v) is 8.05. The predicted octanol–water partition coefficient (Wildman–Crippen LogP) is 4.59. The van der Waals surface area contributed by atoms with Gasteiger partial charge in [0.2, 0.25) is 11.8 Å². The molecule has 0 radical (unpaired) electrons. The summed E-state index contributed by atoms with van der Waals surface area (Å²) in [7, 11) is 3.19. The molecule has 1 N–H and O–H groups in total. The molecule has 1 saturated heterocycles. The first-order valence-corrected chi connectivity index (χ1v) is 9.92. The fourth-order valence-electron chi connectivity index (χ4n) is 2.51. The van der Waals surface area contributed by atoms with E-state index in [2.05, 4.69) is 10.3 Å². The van der Waals surface area contributed by atoms with E-state index < -0.39 is 5.25 Å². The molecule has 0 unspecified atom stereocenters. The number of anilines is 1. The number of amidine groups is 1. The molecule has 1 fully saturated rings. The van der Waals surface area contributed by atoms with E-state index in [1.807, 2.05) is 0 Å². The number of carbonyl (C=O) groups excluding carboxylic acids is 2. The van der Waals surface area contributed by atoms with Gasteiger partial charge in [0.05, 0.1) is 12.8 Å². The molecular formula is C19H17Cl2N3O3S. The van der Waals surface area contributed by atoms with E-state index in [-0.39, 0.29) is 18.2 Å². The maximum atomic E-state index is 12.6. The molecule has 28 heavy (non-hydrogen) atoms. The number of rotatable bonds is 4. The molecule has 0 saturated carbocycles. The number of thioether (sulfide) groups is 1. The summed E-state index contributed by atoms with van der Waals surface area (Å²) in [6.07, 6.45) is 0.0818. The van der Waals surface area contributed by atoms with Crippen molar-refractivity contribution in [2.45, 2.75) is 11.7 Å². The second-order valence-electron chi connectivity index (χ2n) is 6.00. The van der Waals surface area contributed by atoms with E-state index >= 15 is 0 Å². The van der Waals surface area contributed by atoms with Gasteiger partial charge >= 0.3 is 0 Å². The van der Waals surface area contributed by atoms with Crippen LogP contribution in [0.25, 0.3) is 0 Å². The normalized spacial score (nSPS) is 18.3. The first-order valence-electron chi connectivity index (χ1n) is 8.28. The molecule has 2 aromatic rings. The molecule has 0 aromatic heterocycles. The highest BCUT2D eigenvalue weighted by Gasteiger charge is 2.34. The van der Waals surface area contributed by atoms with Gasteiger partial charge in [-0.3, -0.25) is 14.5 Å². The molecule has 1 aliphatic rings. The van der Waals surface area contributed by atoms with Crippen molar-refractivity contribution in [1.82, 2.24) is 4.90 Å². The van der Waals surface area contributed by atoms with Crippen LogP contribution in [0.15, 0.2) is 47.5 Å². The lowest BCUT2D eigenvalue weighted by molar-refractivity contribution is -0.128. The smallest absolute Gasteiger partial charge is 0.238 e. The van der Waals surface area contributed by atoms with Crippen molar-refractivity contribution in [3.63, 3.8) is 0 Å². The van der Waals surface area contributed by atoms with E-state index in [9.17, 15) is 9.59 Å². The Morgan fingerprint density at radius 1 is 1.21 bits per heavy atom. The fourth-order valence-corrected chi connectivity index (χ4v) is 4.09. The van der Waals surface area contributed by atoms with Crippen LogP contribution in [0.4, 0.5) is 11.4 Å². The van der Waals surface area contributed by atoms with Gasteiger partial charge in [0.15, 0.2) is 5.17 Å². The maximum absolute atomic E-state index is 12.6. The summed E-state index contributed by atoms with van der Waals surface area (Å²) in [6.45, 7) is 0. The van der Waals surface area contributed by atoms with Gasteiger partial charge in [0.25, 0.3) is 0 Å². The Hall–Kier alpha value is -2.22. The highest BCUT2D eigenvalue weighted by molar-refractivity contribution is 8.15. The molecule has 0 spiro atoms. The van der Waals surface area contributed by atoms with Crippen LogP contribution in [0.5, 0.6) is 5.75 Å². The summed E-state index contributed by atoms with van der Waals surface area (Å²) in [5.41, 5.74) is 1.13. The average Bonchev–Trinajstić information content (AvgIpc) is 2.65. The molecule has 2 amide bonds. The van der Waals surface area contributed by atoms with E-state index in [0.29, 0.717) is 32.3 Å². The molecule has 0 bridgehead atoms. The fraction of sp³-hybridized carbons (Fsp3) is 0.211. The van der Waals surface area contributed by atoms with Crippen LogP contribution in [-0.2, 0) is 9.59 Å². The minimum absolute atomic E-state index is 0.0818. The van der Waals surface area contributed by atoms with Gasteiger partial charge in [-0.05, 0) is 42.5 Å². The number of hydrogen-bond acceptors (Lipinski definition) is 5. The summed E-state index contributed by atoms with van der Waals surface area (Å²) in [5, 5.41) is 3.51. The molecule has 6 nitrogen and oxygen atoms in total. The van der Waals surface area contributed by atoms with Crippen molar-refractivity contribution in [1.29, 1.82) is 0 Å². The first-order chi connectivity index (χ1) is 13.4. The zero-order valence-corrected chi connectivity index (χ0v) is 17.4. The SMILES string of the molecule is COc1ccc(NC(=O)[C@@H]2CC(=O)N(C)C(=Nc3cc(Cl)cc(Cl)c3)S2)cc1. The molecule has 1 heterocycles. The van der Waals surface area contributed by atoms with Gasteiger partial charge in [0.1, 0.15) is 11.0 Å². The van der Waals surface area contributed by atoms with Gasteiger partial charge < -0.3 is 10.1 Å². The van der Waals surface area contributed by atoms with Crippen LogP contribution in [-0.4, -0.2) is 41.3 Å². The number of carbonyl (C=O) groups is 2. The minimum Gasteiger partial charge on any atom is -0.497 e. The topological polar surface area (TPSA) is 71.0 Å². The average molecular weight is 438 g/mol. The molecule has 1 atom stereocenters. The lowest BCUT2D eigenvalue weighted by Gasteiger charge is -2.28. The molecule has 146 valence electrons. The summed E-state index contributed by atoms with van der Waals surface area (Å²) in [6, 6.07) is 11.8. The maximum Gasteiger partial charge on any atom is 0.238 e. The quantitative estimate of drug-likeness (QED) is 0.758. The summed E-state index contributed by atoms with van der Waals surface area (Å²) in [5.74, 6) is 0.227. The lowest BCUT2D eigenvalue weighted by Crippen LogP contribution is -2.43. The summed E-state index contributed by atoms with van der Waals surface area (Å²) >= 11 is 13.2. The zero-order valence-electron chi connectivity index (χ0n) is 15.1. The number of benzene rings is 2. The van der Waals surface area contributed by atoms with Crippen LogP contribution >= 0.6 is 35.0 Å².